The Hall–Kier alpha value is -2.28. The van der Waals surface area contributed by atoms with Crippen LogP contribution in [-0.4, -0.2) is 30.4 Å². The van der Waals surface area contributed by atoms with Gasteiger partial charge in [-0.3, -0.25) is 25.2 Å². The highest BCUT2D eigenvalue weighted by atomic mass is 35.5. The van der Waals surface area contributed by atoms with Gasteiger partial charge >= 0.3 is 0 Å². The summed E-state index contributed by atoms with van der Waals surface area (Å²) in [5, 5.41) is 3.19. The van der Waals surface area contributed by atoms with Gasteiger partial charge in [0.15, 0.2) is 0 Å². The van der Waals surface area contributed by atoms with Gasteiger partial charge in [0, 0.05) is 18.4 Å². The molecule has 1 aromatic rings. The number of hydrazine groups is 1. The molecule has 1 aromatic carbocycles. The molecule has 144 valence electrons. The average molecular weight is 384 g/mol. The molecule has 0 saturated carbocycles. The zero-order valence-corrected chi connectivity index (χ0v) is 16.3. The van der Waals surface area contributed by atoms with Crippen molar-refractivity contribution in [2.45, 2.75) is 46.6 Å². The molecule has 3 amide bonds. The zero-order valence-electron chi connectivity index (χ0n) is 15.5. The topological polar surface area (TPSA) is 96.5 Å². The molecule has 1 atom stereocenters. The number of ether oxygens (including phenoxy) is 1. The van der Waals surface area contributed by atoms with E-state index in [0.717, 1.165) is 11.3 Å². The lowest BCUT2D eigenvalue weighted by Crippen LogP contribution is -2.54. The van der Waals surface area contributed by atoms with E-state index in [1.54, 1.807) is 32.0 Å². The Bertz CT molecular complexity index is 649. The first-order chi connectivity index (χ1) is 12.2. The number of amides is 3. The minimum Gasteiger partial charge on any atom is -0.493 e. The van der Waals surface area contributed by atoms with Gasteiger partial charge in [0.1, 0.15) is 11.8 Å². The van der Waals surface area contributed by atoms with E-state index >= 15 is 0 Å². The van der Waals surface area contributed by atoms with E-state index in [1.165, 1.54) is 6.92 Å². The van der Waals surface area contributed by atoms with Gasteiger partial charge in [0.25, 0.3) is 5.91 Å². The maximum Gasteiger partial charge on any atom is 0.261 e. The van der Waals surface area contributed by atoms with E-state index in [9.17, 15) is 14.4 Å². The third-order valence-electron chi connectivity index (χ3n) is 3.58. The molecule has 0 aromatic heterocycles. The Morgan fingerprint density at radius 3 is 2.46 bits per heavy atom. The summed E-state index contributed by atoms with van der Waals surface area (Å²) in [6.07, 6.45) is 0.683. The van der Waals surface area contributed by atoms with E-state index < -0.39 is 11.9 Å². The standard InChI is InChI=1S/C18H26ClN3O4/c1-11(2)17(20-13(4)23)18(25)22-21-16(24)6-5-9-26-15-8-7-14(19)10-12(15)3/h7-8,10-11,17H,5-6,9H2,1-4H3,(H,20,23)(H,21,24)(H,22,25)/t17-/m0/s1. The first-order valence-corrected chi connectivity index (χ1v) is 8.83. The lowest BCUT2D eigenvalue weighted by molar-refractivity contribution is -0.132. The van der Waals surface area contributed by atoms with Crippen molar-refractivity contribution in [1.29, 1.82) is 0 Å². The Kier molecular flexibility index (Phi) is 8.92. The van der Waals surface area contributed by atoms with Crippen molar-refractivity contribution in [3.05, 3.63) is 28.8 Å². The van der Waals surface area contributed by atoms with E-state index in [2.05, 4.69) is 16.2 Å². The first-order valence-electron chi connectivity index (χ1n) is 8.45. The normalized spacial score (nSPS) is 11.6. The van der Waals surface area contributed by atoms with Crippen molar-refractivity contribution in [2.75, 3.05) is 6.61 Å². The van der Waals surface area contributed by atoms with Crippen molar-refractivity contribution in [3.63, 3.8) is 0 Å². The fourth-order valence-electron chi connectivity index (χ4n) is 2.22. The number of halogens is 1. The largest absolute Gasteiger partial charge is 0.493 e. The van der Waals surface area contributed by atoms with Crippen LogP contribution in [0.25, 0.3) is 0 Å². The molecule has 0 saturated heterocycles. The van der Waals surface area contributed by atoms with Gasteiger partial charge in [-0.1, -0.05) is 25.4 Å². The van der Waals surface area contributed by atoms with E-state index in [4.69, 9.17) is 16.3 Å². The zero-order chi connectivity index (χ0) is 19.7. The monoisotopic (exact) mass is 383 g/mol. The van der Waals surface area contributed by atoms with Gasteiger partial charge < -0.3 is 10.1 Å². The molecule has 0 aliphatic carbocycles. The predicted octanol–water partition coefficient (Wildman–Crippen LogP) is 2.12. The van der Waals surface area contributed by atoms with E-state index in [1.807, 2.05) is 6.92 Å². The molecule has 3 N–H and O–H groups in total. The Morgan fingerprint density at radius 2 is 1.88 bits per heavy atom. The smallest absolute Gasteiger partial charge is 0.261 e. The molecule has 0 fully saturated rings. The number of hydrogen-bond donors (Lipinski definition) is 3. The average Bonchev–Trinajstić information content (AvgIpc) is 2.55. The SMILES string of the molecule is CC(=O)N[C@H](C(=O)NNC(=O)CCCOc1ccc(Cl)cc1C)C(C)C. The molecule has 1 rings (SSSR count). The van der Waals surface area contributed by atoms with Crippen molar-refractivity contribution in [2.24, 2.45) is 5.92 Å². The van der Waals surface area contributed by atoms with Crippen LogP contribution in [-0.2, 0) is 14.4 Å². The molecule has 0 spiro atoms. The fourth-order valence-corrected chi connectivity index (χ4v) is 2.44. The Labute approximate surface area is 158 Å². The summed E-state index contributed by atoms with van der Waals surface area (Å²) in [5.41, 5.74) is 5.60. The van der Waals surface area contributed by atoms with Crippen LogP contribution in [0, 0.1) is 12.8 Å². The third kappa shape index (κ3) is 7.74. The second-order valence-electron chi connectivity index (χ2n) is 6.32. The van der Waals surface area contributed by atoms with Crippen LogP contribution in [0.4, 0.5) is 0 Å². The number of carbonyl (C=O) groups is 3. The van der Waals surface area contributed by atoms with Crippen molar-refractivity contribution < 1.29 is 19.1 Å². The summed E-state index contributed by atoms with van der Waals surface area (Å²) in [7, 11) is 0. The molecule has 0 unspecified atom stereocenters. The minimum atomic E-state index is -0.705. The summed E-state index contributed by atoms with van der Waals surface area (Å²) in [4.78, 5) is 35.0. The molecule has 7 nitrogen and oxygen atoms in total. The van der Waals surface area contributed by atoms with Crippen LogP contribution in [0.1, 0.15) is 39.2 Å². The fraction of sp³-hybridized carbons (Fsp3) is 0.500. The third-order valence-corrected chi connectivity index (χ3v) is 3.81. The van der Waals surface area contributed by atoms with Gasteiger partial charge in [-0.2, -0.15) is 0 Å². The highest BCUT2D eigenvalue weighted by Gasteiger charge is 2.23. The summed E-state index contributed by atoms with van der Waals surface area (Å²) in [6.45, 7) is 7.20. The molecule has 26 heavy (non-hydrogen) atoms. The van der Waals surface area contributed by atoms with Crippen LogP contribution < -0.4 is 20.9 Å². The van der Waals surface area contributed by atoms with Crippen LogP contribution in [0.5, 0.6) is 5.75 Å². The number of aryl methyl sites for hydroxylation is 1. The van der Waals surface area contributed by atoms with Gasteiger partial charge in [-0.05, 0) is 43.0 Å². The second-order valence-corrected chi connectivity index (χ2v) is 6.76. The molecule has 8 heteroatoms. The number of hydrogen-bond acceptors (Lipinski definition) is 4. The predicted molar refractivity (Wildman–Crippen MR) is 99.6 cm³/mol. The van der Waals surface area contributed by atoms with Gasteiger partial charge in [0.05, 0.1) is 6.61 Å². The molecule has 0 radical (unpaired) electrons. The van der Waals surface area contributed by atoms with Gasteiger partial charge in [-0.15, -0.1) is 0 Å². The maximum absolute atomic E-state index is 12.0. The van der Waals surface area contributed by atoms with Crippen LogP contribution in [0.3, 0.4) is 0 Å². The maximum atomic E-state index is 12.0. The Morgan fingerprint density at radius 1 is 1.19 bits per heavy atom. The van der Waals surface area contributed by atoms with Crippen LogP contribution >= 0.6 is 11.6 Å². The summed E-state index contributed by atoms with van der Waals surface area (Å²) in [6, 6.07) is 4.63. The lowest BCUT2D eigenvalue weighted by atomic mass is 10.0. The quantitative estimate of drug-likeness (QED) is 0.473. The van der Waals surface area contributed by atoms with Gasteiger partial charge in [0.2, 0.25) is 11.8 Å². The number of rotatable bonds is 8. The van der Waals surface area contributed by atoms with Crippen molar-refractivity contribution in [1.82, 2.24) is 16.2 Å². The Balaban J connectivity index is 2.31. The van der Waals surface area contributed by atoms with Crippen LogP contribution in [0.2, 0.25) is 5.02 Å². The molecule has 0 aliphatic heterocycles. The van der Waals surface area contributed by atoms with Crippen LogP contribution in [0.15, 0.2) is 18.2 Å². The van der Waals surface area contributed by atoms with Gasteiger partial charge in [-0.25, -0.2) is 0 Å². The highest BCUT2D eigenvalue weighted by Crippen LogP contribution is 2.21. The van der Waals surface area contributed by atoms with Crippen molar-refractivity contribution in [3.8, 4) is 5.75 Å². The summed E-state index contributed by atoms with van der Waals surface area (Å²) in [5.74, 6) is -0.485. The number of carbonyl (C=O) groups excluding carboxylic acids is 3. The number of benzene rings is 1. The second kappa shape index (κ2) is 10.7. The highest BCUT2D eigenvalue weighted by molar-refractivity contribution is 6.30. The molecular formula is C18H26ClN3O4. The molecule has 0 aliphatic rings. The van der Waals surface area contributed by atoms with Crippen molar-refractivity contribution >= 4 is 29.3 Å². The lowest BCUT2D eigenvalue weighted by Gasteiger charge is -2.21. The summed E-state index contributed by atoms with van der Waals surface area (Å²) < 4.78 is 5.61. The van der Waals surface area contributed by atoms with E-state index in [-0.39, 0.29) is 24.2 Å². The molecular weight excluding hydrogens is 358 g/mol. The first kappa shape index (κ1) is 21.8. The molecule has 0 heterocycles. The summed E-state index contributed by atoms with van der Waals surface area (Å²) >= 11 is 5.88. The van der Waals surface area contributed by atoms with E-state index in [0.29, 0.717) is 18.1 Å². The minimum absolute atomic E-state index is 0.105. The number of nitrogens with one attached hydrogen (secondary N) is 3. The molecule has 0 bridgehead atoms.